The van der Waals surface area contributed by atoms with E-state index in [4.69, 9.17) is 11.6 Å². The third-order valence-electron chi connectivity index (χ3n) is 3.89. The number of aromatic nitrogens is 2. The molecular formula is C14H17ClN4O2S2. The summed E-state index contributed by atoms with van der Waals surface area (Å²) in [6.45, 7) is 1.84. The number of rotatable bonds is 5. The molecule has 3 heterocycles. The number of hydrogen-bond donors (Lipinski definition) is 1. The van der Waals surface area contributed by atoms with Crippen molar-refractivity contribution in [3.63, 3.8) is 0 Å². The van der Waals surface area contributed by atoms with E-state index in [0.717, 1.165) is 19.5 Å². The monoisotopic (exact) mass is 372 g/mol. The Balaban J connectivity index is 1.83. The number of likely N-dealkylation sites (N-methyl/N-ethyl adjacent to an activating group) is 1. The Morgan fingerprint density at radius 1 is 1.48 bits per heavy atom. The van der Waals surface area contributed by atoms with Gasteiger partial charge >= 0.3 is 0 Å². The average Bonchev–Trinajstić information content (AvgIpc) is 3.19. The Labute approximate surface area is 144 Å². The molecule has 1 atom stereocenters. The second-order valence-electron chi connectivity index (χ2n) is 5.47. The fourth-order valence-corrected chi connectivity index (χ4v) is 4.83. The van der Waals surface area contributed by atoms with Crippen molar-refractivity contribution in [3.05, 3.63) is 33.9 Å². The summed E-state index contributed by atoms with van der Waals surface area (Å²) in [4.78, 5) is 10.4. The number of pyridine rings is 1. The molecule has 9 heteroatoms. The van der Waals surface area contributed by atoms with E-state index in [-0.39, 0.29) is 10.6 Å². The second kappa shape index (κ2) is 6.72. The van der Waals surface area contributed by atoms with Gasteiger partial charge in [-0.05, 0) is 19.0 Å². The van der Waals surface area contributed by atoms with E-state index in [9.17, 15) is 8.42 Å². The molecule has 2 aromatic rings. The van der Waals surface area contributed by atoms with Crippen LogP contribution < -0.4 is 10.2 Å². The summed E-state index contributed by atoms with van der Waals surface area (Å²) in [5, 5.41) is 5.36. The Morgan fingerprint density at radius 3 is 2.91 bits per heavy atom. The van der Waals surface area contributed by atoms with E-state index in [0.29, 0.717) is 22.6 Å². The van der Waals surface area contributed by atoms with Crippen molar-refractivity contribution in [2.75, 3.05) is 25.0 Å². The molecule has 0 saturated carbocycles. The van der Waals surface area contributed by atoms with Gasteiger partial charge in [-0.2, -0.15) is 0 Å². The fourth-order valence-electron chi connectivity index (χ4n) is 2.57. The van der Waals surface area contributed by atoms with Crippen LogP contribution in [0.5, 0.6) is 0 Å². The average molecular weight is 373 g/mol. The topological polar surface area (TPSA) is 75.2 Å². The van der Waals surface area contributed by atoms with Gasteiger partial charge in [0.05, 0.1) is 26.9 Å². The maximum Gasteiger partial charge on any atom is 0.185 e. The summed E-state index contributed by atoms with van der Waals surface area (Å²) >= 11 is 7.66. The fraction of sp³-hybridized carbons (Fsp3) is 0.429. The van der Waals surface area contributed by atoms with E-state index in [1.165, 1.54) is 23.6 Å². The lowest BCUT2D eigenvalue weighted by atomic mass is 10.2. The number of anilines is 1. The highest BCUT2D eigenvalue weighted by Gasteiger charge is 2.24. The van der Waals surface area contributed by atoms with Gasteiger partial charge in [0.1, 0.15) is 5.82 Å². The van der Waals surface area contributed by atoms with Crippen molar-refractivity contribution in [1.29, 1.82) is 0 Å². The lowest BCUT2D eigenvalue weighted by molar-refractivity contribution is 0.594. The Bertz CT molecular complexity index is 774. The van der Waals surface area contributed by atoms with Gasteiger partial charge in [0.15, 0.2) is 9.84 Å². The molecule has 2 aromatic heterocycles. The second-order valence-corrected chi connectivity index (χ2v) is 8.59. The lowest BCUT2D eigenvalue weighted by Crippen LogP contribution is -2.34. The van der Waals surface area contributed by atoms with Gasteiger partial charge in [-0.1, -0.05) is 11.6 Å². The highest BCUT2D eigenvalue weighted by atomic mass is 35.5. The zero-order valence-corrected chi connectivity index (χ0v) is 15.0. The van der Waals surface area contributed by atoms with Crippen LogP contribution in [0.2, 0.25) is 5.02 Å². The van der Waals surface area contributed by atoms with Crippen molar-refractivity contribution < 1.29 is 8.42 Å². The minimum Gasteiger partial charge on any atom is -0.354 e. The number of halogens is 1. The quantitative estimate of drug-likeness (QED) is 0.864. The van der Waals surface area contributed by atoms with Crippen molar-refractivity contribution in [3.8, 4) is 0 Å². The molecule has 0 bridgehead atoms. The number of hydrogen-bond acceptors (Lipinski definition) is 7. The summed E-state index contributed by atoms with van der Waals surface area (Å²) in [7, 11) is -1.57. The van der Waals surface area contributed by atoms with E-state index >= 15 is 0 Å². The van der Waals surface area contributed by atoms with Crippen LogP contribution in [-0.2, 0) is 15.6 Å². The molecule has 1 N–H and O–H groups in total. The molecule has 0 spiro atoms. The van der Waals surface area contributed by atoms with Crippen molar-refractivity contribution in [2.45, 2.75) is 23.1 Å². The number of nitrogens with zero attached hydrogens (tertiary/aromatic N) is 3. The molecule has 1 fully saturated rings. The molecule has 1 saturated heterocycles. The smallest absolute Gasteiger partial charge is 0.185 e. The van der Waals surface area contributed by atoms with Crippen molar-refractivity contribution in [2.24, 2.45) is 0 Å². The minimum atomic E-state index is -3.50. The van der Waals surface area contributed by atoms with E-state index in [2.05, 4.69) is 15.3 Å². The minimum absolute atomic E-state index is 0.122. The van der Waals surface area contributed by atoms with Gasteiger partial charge in [0, 0.05) is 31.2 Å². The van der Waals surface area contributed by atoms with Crippen LogP contribution in [-0.4, -0.2) is 44.6 Å². The molecule has 1 aliphatic rings. The zero-order valence-electron chi connectivity index (χ0n) is 12.6. The molecule has 0 radical (unpaired) electrons. The van der Waals surface area contributed by atoms with Crippen LogP contribution in [0.3, 0.4) is 0 Å². The van der Waals surface area contributed by atoms with Gasteiger partial charge in [-0.25, -0.2) is 18.4 Å². The zero-order chi connectivity index (χ0) is 16.4. The van der Waals surface area contributed by atoms with Crippen LogP contribution in [0.25, 0.3) is 0 Å². The molecule has 0 unspecified atom stereocenters. The highest BCUT2D eigenvalue weighted by Crippen LogP contribution is 2.28. The largest absolute Gasteiger partial charge is 0.354 e. The summed E-state index contributed by atoms with van der Waals surface area (Å²) in [6.07, 6.45) is 2.39. The molecule has 0 aromatic carbocycles. The molecule has 0 aliphatic carbocycles. The van der Waals surface area contributed by atoms with Crippen LogP contribution in [0.1, 0.15) is 12.1 Å². The van der Waals surface area contributed by atoms with Crippen molar-refractivity contribution >= 4 is 38.6 Å². The third kappa shape index (κ3) is 3.65. The first-order chi connectivity index (χ1) is 11.0. The van der Waals surface area contributed by atoms with E-state index in [1.807, 2.05) is 11.9 Å². The van der Waals surface area contributed by atoms with Gasteiger partial charge < -0.3 is 10.2 Å². The summed E-state index contributed by atoms with van der Waals surface area (Å²) in [6, 6.07) is 1.79. The van der Waals surface area contributed by atoms with Crippen LogP contribution in [0, 0.1) is 0 Å². The molecule has 124 valence electrons. The van der Waals surface area contributed by atoms with E-state index in [1.54, 1.807) is 10.9 Å². The van der Waals surface area contributed by atoms with Crippen LogP contribution >= 0.6 is 22.9 Å². The van der Waals surface area contributed by atoms with Gasteiger partial charge in [0.25, 0.3) is 0 Å². The Kier molecular flexibility index (Phi) is 4.86. The Hall–Kier alpha value is -1.22. The first kappa shape index (κ1) is 16.6. The maximum absolute atomic E-state index is 12.4. The van der Waals surface area contributed by atoms with Gasteiger partial charge in [-0.15, -0.1) is 11.3 Å². The van der Waals surface area contributed by atoms with Crippen LogP contribution in [0.15, 0.2) is 28.0 Å². The molecule has 0 amide bonds. The molecule has 1 aliphatic heterocycles. The summed E-state index contributed by atoms with van der Waals surface area (Å²) < 4.78 is 24.9. The number of sulfone groups is 1. The molecule has 6 nitrogen and oxygen atoms in total. The maximum atomic E-state index is 12.4. The molecular weight excluding hydrogens is 356 g/mol. The first-order valence-electron chi connectivity index (χ1n) is 7.16. The normalized spacial score (nSPS) is 18.3. The highest BCUT2D eigenvalue weighted by molar-refractivity contribution is 7.90. The Morgan fingerprint density at radius 2 is 2.30 bits per heavy atom. The molecule has 23 heavy (non-hydrogen) atoms. The SMILES string of the molecule is CN(c1ncc(S(=O)(=O)Cc2cscn2)cc1Cl)[C@@H]1CCNC1. The summed E-state index contributed by atoms with van der Waals surface area (Å²) in [5.41, 5.74) is 2.15. The number of thiazole rings is 1. The predicted octanol–water partition coefficient (Wildman–Crippen LogP) is 1.96. The lowest BCUT2D eigenvalue weighted by Gasteiger charge is -2.25. The van der Waals surface area contributed by atoms with Crippen molar-refractivity contribution in [1.82, 2.24) is 15.3 Å². The van der Waals surface area contributed by atoms with E-state index < -0.39 is 9.84 Å². The number of nitrogens with one attached hydrogen (secondary N) is 1. The first-order valence-corrected chi connectivity index (χ1v) is 10.1. The van der Waals surface area contributed by atoms with Gasteiger partial charge in [0.2, 0.25) is 0 Å². The predicted molar refractivity (Wildman–Crippen MR) is 91.9 cm³/mol. The summed E-state index contributed by atoms with van der Waals surface area (Å²) in [5.74, 6) is 0.462. The molecule has 3 rings (SSSR count). The standard InChI is InChI=1S/C14H17ClN4O2S2/c1-19(11-2-3-16-5-11)14-13(15)4-12(6-17-14)23(20,21)8-10-7-22-9-18-10/h4,6-7,9,11,16H,2-3,5,8H2,1H3/t11-/m1/s1. The third-order valence-corrected chi connectivity index (χ3v) is 6.42. The van der Waals surface area contributed by atoms with Gasteiger partial charge in [-0.3, -0.25) is 0 Å². The van der Waals surface area contributed by atoms with Crippen LogP contribution in [0.4, 0.5) is 5.82 Å².